The number of hydrogen-bond acceptors (Lipinski definition) is 16. The van der Waals surface area contributed by atoms with E-state index < -0.39 is 0 Å². The van der Waals surface area contributed by atoms with Crippen molar-refractivity contribution < 1.29 is 38.8 Å². The highest BCUT2D eigenvalue weighted by Crippen LogP contribution is 2.36. The molecule has 3 aromatic carbocycles. The lowest BCUT2D eigenvalue weighted by Gasteiger charge is -2.38. The van der Waals surface area contributed by atoms with Gasteiger partial charge in [0.2, 0.25) is 17.7 Å². The topological polar surface area (TPSA) is 189 Å². The van der Waals surface area contributed by atoms with E-state index in [2.05, 4.69) is 63.4 Å². The van der Waals surface area contributed by atoms with Gasteiger partial charge in [-0.25, -0.2) is 15.0 Å². The number of benzene rings is 3. The van der Waals surface area contributed by atoms with Crippen molar-refractivity contribution in [2.45, 2.75) is 90.4 Å². The molecule has 3 saturated carbocycles. The van der Waals surface area contributed by atoms with Crippen LogP contribution in [-0.4, -0.2) is 201 Å². The Bertz CT molecular complexity index is 3150. The Kier molecular flexibility index (Phi) is 27.5. The number of halogens is 1. The Balaban J connectivity index is 0.000000158. The predicted molar refractivity (Wildman–Crippen MR) is 385 cm³/mol. The number of nitrogens with zero attached hydrogens (tertiary/aromatic N) is 12. The van der Waals surface area contributed by atoms with E-state index in [0.29, 0.717) is 42.9 Å². The number of ether oxygens (including phenoxy) is 1. The zero-order valence-corrected chi connectivity index (χ0v) is 57.4. The fraction of sp³-hybridized carbons (Fsp3) is 0.532. The van der Waals surface area contributed by atoms with Crippen LogP contribution in [0, 0.1) is 35.5 Å². The number of para-hydroxylation sites is 6. The molecule has 3 amide bonds. The Morgan fingerprint density at radius 1 is 0.433 bits per heavy atom. The van der Waals surface area contributed by atoms with E-state index in [-0.39, 0.29) is 54.7 Å². The SMILES string of the molecule is CCC1CCC(C(=O)N(CCN2CCN(c3ccccc3O)CC2)c2ccccn2)CC1.COc1ccccc1N1CCN(CCN(C(=O)C2CCC(CO)CC2)c2ccccn2)CC1.O=C(C1CCC(CF)CC1)N(CCN1CCN(c2ccccc2O)CC1)c1ccccn1. The number of hydrogen-bond donors (Lipinski definition) is 3. The van der Waals surface area contributed by atoms with Crippen molar-refractivity contribution >= 4 is 52.2 Å². The molecule has 6 aliphatic rings. The quantitative estimate of drug-likeness (QED) is 0.0582. The van der Waals surface area contributed by atoms with E-state index in [0.717, 1.165) is 216 Å². The highest BCUT2D eigenvalue weighted by molar-refractivity contribution is 5.95. The molecule has 0 unspecified atom stereocenters. The average Bonchev–Trinajstić information content (AvgIpc) is 1.05. The summed E-state index contributed by atoms with van der Waals surface area (Å²) in [6, 6.07) is 40.4. The number of pyridine rings is 3. The van der Waals surface area contributed by atoms with Gasteiger partial charge in [-0.1, -0.05) is 67.9 Å². The average molecular weight is 1330 g/mol. The van der Waals surface area contributed by atoms with Crippen molar-refractivity contribution in [1.29, 1.82) is 0 Å². The molecule has 3 aliphatic heterocycles. The number of aromatic hydroxyl groups is 2. The molecule has 6 heterocycles. The third-order valence-electron chi connectivity index (χ3n) is 21.1. The van der Waals surface area contributed by atoms with Crippen LogP contribution in [0.15, 0.2) is 146 Å². The zero-order valence-electron chi connectivity index (χ0n) is 57.4. The number of carbonyl (C=O) groups excluding carboxylic acids is 3. The van der Waals surface area contributed by atoms with Gasteiger partial charge in [-0.2, -0.15) is 0 Å². The van der Waals surface area contributed by atoms with E-state index in [9.17, 15) is 34.1 Å². The van der Waals surface area contributed by atoms with Crippen molar-refractivity contribution in [2.24, 2.45) is 35.5 Å². The lowest BCUT2D eigenvalue weighted by atomic mass is 9.80. The van der Waals surface area contributed by atoms with Crippen molar-refractivity contribution in [3.05, 3.63) is 146 Å². The lowest BCUT2D eigenvalue weighted by molar-refractivity contribution is -0.124. The summed E-state index contributed by atoms with van der Waals surface area (Å²) in [6.45, 7) is 17.3. The number of aliphatic hydroxyl groups excluding tert-OH is 1. The molecule has 522 valence electrons. The molecule has 6 fully saturated rings. The Hall–Kier alpha value is -7.91. The van der Waals surface area contributed by atoms with E-state index in [1.807, 2.05) is 118 Å². The van der Waals surface area contributed by atoms with E-state index >= 15 is 0 Å². The molecule has 0 bridgehead atoms. The maximum atomic E-state index is 13.5. The largest absolute Gasteiger partial charge is 0.506 e. The van der Waals surface area contributed by atoms with Gasteiger partial charge in [0.1, 0.15) is 34.7 Å². The molecule has 0 spiro atoms. The molecular formula is C77H105FN12O7. The summed E-state index contributed by atoms with van der Waals surface area (Å²) in [4.78, 5) is 73.4. The first-order valence-electron chi connectivity index (χ1n) is 36.0. The highest BCUT2D eigenvalue weighted by atomic mass is 19.1. The number of rotatable bonds is 22. The van der Waals surface area contributed by atoms with Gasteiger partial charge in [-0.3, -0.25) is 48.2 Å². The van der Waals surface area contributed by atoms with Crippen molar-refractivity contribution in [3.8, 4) is 17.2 Å². The van der Waals surface area contributed by atoms with Crippen LogP contribution in [-0.2, 0) is 14.4 Å². The molecule has 3 aromatic heterocycles. The van der Waals surface area contributed by atoms with Gasteiger partial charge < -0.3 is 34.8 Å². The molecule has 6 aromatic rings. The van der Waals surface area contributed by atoms with Crippen molar-refractivity contribution in [1.82, 2.24) is 29.7 Å². The maximum Gasteiger partial charge on any atom is 0.231 e. The summed E-state index contributed by atoms with van der Waals surface area (Å²) in [5.74, 6) is 5.64. The number of aromatic nitrogens is 3. The third kappa shape index (κ3) is 20.1. The standard InChI is InChI=1S/C26H36N4O3.C26H36N4O2.C25H33FN4O2/c1-33-24-7-3-2-6-23(24)29-17-14-28(15-18-29)16-19-30(25-8-4-5-13-27-25)26(32)22-11-9-21(20-31)10-12-22;1-2-21-10-12-22(13-11-21)26(32)30(25-9-5-6-14-27-25)20-17-28-15-18-29(19-16-28)23-7-3-4-8-24(23)31;26-19-20-8-10-21(11-9-20)25(32)30(24-7-3-4-12-27-24)18-15-28-13-16-29(17-14-28)22-5-1-2-6-23(22)31/h2-8,13,21-22,31H,9-12,14-20H2,1H3;3-9,14,21-22,31H,2,10-13,15-20H2,1H3;1-7,12,20-21,31H,8-11,13-19H2. The highest BCUT2D eigenvalue weighted by Gasteiger charge is 2.35. The zero-order chi connectivity index (χ0) is 67.7. The third-order valence-corrected chi connectivity index (χ3v) is 21.1. The molecule has 3 saturated heterocycles. The summed E-state index contributed by atoms with van der Waals surface area (Å²) in [5.41, 5.74) is 2.92. The molecule has 20 heteroatoms. The van der Waals surface area contributed by atoms with Gasteiger partial charge in [0.25, 0.3) is 0 Å². The second-order valence-corrected chi connectivity index (χ2v) is 27.1. The van der Waals surface area contributed by atoms with Crippen molar-refractivity contribution in [2.75, 3.05) is 168 Å². The van der Waals surface area contributed by atoms with Crippen LogP contribution < -0.4 is 34.1 Å². The van der Waals surface area contributed by atoms with Crippen LogP contribution in [0.5, 0.6) is 17.2 Å². The lowest BCUT2D eigenvalue weighted by Crippen LogP contribution is -2.50. The Morgan fingerprint density at radius 3 is 1.07 bits per heavy atom. The number of alkyl halides is 1. The number of phenols is 2. The van der Waals surface area contributed by atoms with E-state index in [1.54, 1.807) is 37.8 Å². The number of aliphatic hydroxyl groups is 1. The van der Waals surface area contributed by atoms with E-state index in [4.69, 9.17) is 4.74 Å². The summed E-state index contributed by atoms with van der Waals surface area (Å²) in [6.07, 6.45) is 17.4. The second-order valence-electron chi connectivity index (χ2n) is 27.1. The normalized spacial score (nSPS) is 21.8. The first kappa shape index (κ1) is 71.9. The fourth-order valence-corrected chi connectivity index (χ4v) is 14.9. The summed E-state index contributed by atoms with van der Waals surface area (Å²) < 4.78 is 18.5. The number of piperazine rings is 3. The molecule has 0 radical (unpaired) electrons. The van der Waals surface area contributed by atoms with Crippen LogP contribution in [0.2, 0.25) is 0 Å². The predicted octanol–water partition coefficient (Wildman–Crippen LogP) is 10.9. The van der Waals surface area contributed by atoms with Gasteiger partial charge in [0.05, 0.1) is 30.8 Å². The van der Waals surface area contributed by atoms with Crippen LogP contribution in [0.3, 0.4) is 0 Å². The Labute approximate surface area is 574 Å². The number of amides is 3. The number of methoxy groups -OCH3 is 1. The summed E-state index contributed by atoms with van der Waals surface area (Å²) >= 11 is 0. The van der Waals surface area contributed by atoms with Gasteiger partial charge in [-0.15, -0.1) is 0 Å². The molecular weight excluding hydrogens is 1220 g/mol. The van der Waals surface area contributed by atoms with Gasteiger partial charge in [-0.05, 0) is 168 Å². The first-order valence-corrected chi connectivity index (χ1v) is 36.0. The molecule has 0 atom stereocenters. The minimum Gasteiger partial charge on any atom is -0.506 e. The molecule has 3 aliphatic carbocycles. The summed E-state index contributed by atoms with van der Waals surface area (Å²) in [5, 5.41) is 29.7. The minimum absolute atomic E-state index is 0.0252. The van der Waals surface area contributed by atoms with Gasteiger partial charge >= 0.3 is 0 Å². The Morgan fingerprint density at radius 2 is 0.753 bits per heavy atom. The van der Waals surface area contributed by atoms with Crippen molar-refractivity contribution in [3.63, 3.8) is 0 Å². The van der Waals surface area contributed by atoms with Gasteiger partial charge in [0.15, 0.2) is 0 Å². The van der Waals surface area contributed by atoms with Crippen LogP contribution >= 0.6 is 0 Å². The molecule has 19 nitrogen and oxygen atoms in total. The first-order chi connectivity index (χ1) is 47.5. The molecule has 12 rings (SSSR count). The number of phenolic OH excluding ortho intramolecular Hbond substituents is 2. The van der Waals surface area contributed by atoms with Crippen LogP contribution in [0.1, 0.15) is 90.4 Å². The van der Waals surface area contributed by atoms with Crippen LogP contribution in [0.4, 0.5) is 38.9 Å². The maximum absolute atomic E-state index is 13.5. The fourth-order valence-electron chi connectivity index (χ4n) is 14.9. The minimum atomic E-state index is -0.280. The van der Waals surface area contributed by atoms with E-state index in [1.165, 1.54) is 6.42 Å². The monoisotopic (exact) mass is 1330 g/mol. The summed E-state index contributed by atoms with van der Waals surface area (Å²) in [7, 11) is 1.72. The second kappa shape index (κ2) is 37.2. The molecule has 97 heavy (non-hydrogen) atoms. The molecule has 3 N–H and O–H groups in total. The van der Waals surface area contributed by atoms with Gasteiger partial charge in [0, 0.05) is 161 Å². The number of carbonyl (C=O) groups is 3. The number of anilines is 6. The smallest absolute Gasteiger partial charge is 0.231 e. The van der Waals surface area contributed by atoms with Crippen LogP contribution in [0.25, 0.3) is 0 Å².